The van der Waals surface area contributed by atoms with Gasteiger partial charge in [0.1, 0.15) is 4.83 Å². The van der Waals surface area contributed by atoms with E-state index < -0.39 is 5.97 Å². The summed E-state index contributed by atoms with van der Waals surface area (Å²) in [5.74, 6) is -0.771. The van der Waals surface area contributed by atoms with Gasteiger partial charge in [-0.15, -0.1) is 0 Å². The maximum absolute atomic E-state index is 10.0. The Morgan fingerprint density at radius 1 is 1.89 bits per heavy atom. The average Bonchev–Trinajstić information content (AvgIpc) is 1.67. The third-order valence-corrected chi connectivity index (χ3v) is 1.66. The summed E-state index contributed by atoms with van der Waals surface area (Å²) in [6.07, 6.45) is 1.61. The number of carbonyl (C=O) groups is 1. The molecule has 0 heterocycles. The molecule has 0 aliphatic heterocycles. The number of hydrogen-bond acceptors (Lipinski definition) is 1. The van der Waals surface area contributed by atoms with Gasteiger partial charge in [-0.3, -0.25) is 4.79 Å². The van der Waals surface area contributed by atoms with E-state index in [1.54, 1.807) is 0 Å². The molecule has 0 saturated heterocycles. The summed E-state index contributed by atoms with van der Waals surface area (Å²) in [5.41, 5.74) is 0. The fourth-order valence-electron chi connectivity index (χ4n) is 0.377. The van der Waals surface area contributed by atoms with Crippen LogP contribution in [0.1, 0.15) is 21.2 Å². The van der Waals surface area contributed by atoms with Crippen LogP contribution in [0.15, 0.2) is 0 Å². The number of alkyl halides is 1. The van der Waals surface area contributed by atoms with Crippen molar-refractivity contribution in [2.24, 2.45) is 0 Å². The molecular formula is C5H10BrKO2. The predicted molar refractivity (Wildman–Crippen MR) is 36.4 cm³/mol. The van der Waals surface area contributed by atoms with Crippen LogP contribution in [-0.4, -0.2) is 15.9 Å². The van der Waals surface area contributed by atoms with Crippen molar-refractivity contribution in [3.8, 4) is 0 Å². The van der Waals surface area contributed by atoms with Crippen molar-refractivity contribution in [1.29, 1.82) is 0 Å². The summed E-state index contributed by atoms with van der Waals surface area (Å²) in [6.45, 7) is 1.96. The second-order valence-corrected chi connectivity index (χ2v) is 2.70. The van der Waals surface area contributed by atoms with E-state index in [0.29, 0.717) is 6.42 Å². The Balaban J connectivity index is -0.000000245. The van der Waals surface area contributed by atoms with Crippen LogP contribution < -0.4 is 51.4 Å². The molecule has 0 saturated carbocycles. The first kappa shape index (κ1) is 13.2. The molecule has 2 nitrogen and oxygen atoms in total. The Morgan fingerprint density at radius 3 is 2.44 bits per heavy atom. The molecule has 0 aromatic heterocycles. The van der Waals surface area contributed by atoms with Gasteiger partial charge in [0, 0.05) is 0 Å². The summed E-state index contributed by atoms with van der Waals surface area (Å²) in [7, 11) is 0. The number of carboxylic acid groups (broad SMARTS) is 1. The molecule has 0 aliphatic rings. The Kier molecular flexibility index (Phi) is 11.3. The van der Waals surface area contributed by atoms with Gasteiger partial charge in [-0.25, -0.2) is 0 Å². The molecule has 0 fully saturated rings. The maximum atomic E-state index is 10.0. The van der Waals surface area contributed by atoms with Crippen LogP contribution in [0.5, 0.6) is 0 Å². The second kappa shape index (κ2) is 7.69. The van der Waals surface area contributed by atoms with Crippen molar-refractivity contribution in [3.63, 3.8) is 0 Å². The van der Waals surface area contributed by atoms with E-state index >= 15 is 0 Å². The molecule has 0 aliphatic carbocycles. The van der Waals surface area contributed by atoms with Crippen LogP contribution in [0.25, 0.3) is 0 Å². The number of halogens is 1. The Morgan fingerprint density at radius 2 is 2.33 bits per heavy atom. The van der Waals surface area contributed by atoms with Crippen LogP contribution in [0.2, 0.25) is 0 Å². The van der Waals surface area contributed by atoms with E-state index in [9.17, 15) is 4.79 Å². The fourth-order valence-corrected chi connectivity index (χ4v) is 0.835. The van der Waals surface area contributed by atoms with Gasteiger partial charge in [0.05, 0.1) is 0 Å². The Labute approximate surface area is 107 Å². The SMILES string of the molecule is CCCC(Br)C(=O)O.[H-].[K+]. The largest absolute Gasteiger partial charge is 1.00 e. The topological polar surface area (TPSA) is 37.3 Å². The van der Waals surface area contributed by atoms with Crippen LogP contribution in [-0.2, 0) is 4.79 Å². The Hall–Kier alpha value is 1.59. The normalized spacial score (nSPS) is 11.8. The monoisotopic (exact) mass is 220 g/mol. The summed E-state index contributed by atoms with van der Waals surface area (Å²) < 4.78 is 0. The zero-order chi connectivity index (χ0) is 6.57. The van der Waals surface area contributed by atoms with Crippen LogP contribution in [0, 0.1) is 0 Å². The van der Waals surface area contributed by atoms with E-state index in [4.69, 9.17) is 5.11 Å². The predicted octanol–water partition coefficient (Wildman–Crippen LogP) is -1.25. The number of aliphatic carboxylic acids is 1. The standard InChI is InChI=1S/C5H9BrO2.K.H/c1-2-3-4(6)5(7)8;;/h4H,2-3H2,1H3,(H,7,8);;/q;+1;-1. The van der Waals surface area contributed by atoms with Crippen molar-refractivity contribution >= 4 is 21.9 Å². The van der Waals surface area contributed by atoms with E-state index in [0.717, 1.165) is 6.42 Å². The molecule has 0 rings (SSSR count). The van der Waals surface area contributed by atoms with E-state index in [2.05, 4.69) is 15.9 Å². The van der Waals surface area contributed by atoms with Gasteiger partial charge < -0.3 is 6.53 Å². The third-order valence-electron chi connectivity index (χ3n) is 0.810. The van der Waals surface area contributed by atoms with Crippen LogP contribution in [0.3, 0.4) is 0 Å². The van der Waals surface area contributed by atoms with E-state index in [-0.39, 0.29) is 57.6 Å². The summed E-state index contributed by atoms with van der Waals surface area (Å²) >= 11 is 3.00. The first-order chi connectivity index (χ1) is 3.68. The summed E-state index contributed by atoms with van der Waals surface area (Å²) in [4.78, 5) is 9.69. The van der Waals surface area contributed by atoms with Gasteiger partial charge in [-0.1, -0.05) is 29.3 Å². The average molecular weight is 221 g/mol. The summed E-state index contributed by atoms with van der Waals surface area (Å²) in [5, 5.41) is 8.27. The fraction of sp³-hybridized carbons (Fsp3) is 0.800. The van der Waals surface area contributed by atoms with Crippen molar-refractivity contribution in [3.05, 3.63) is 0 Å². The second-order valence-electron chi connectivity index (χ2n) is 1.59. The molecule has 0 aromatic rings. The molecule has 0 amide bonds. The van der Waals surface area contributed by atoms with Crippen LogP contribution >= 0.6 is 15.9 Å². The molecule has 0 bridgehead atoms. The molecule has 9 heavy (non-hydrogen) atoms. The van der Waals surface area contributed by atoms with Gasteiger partial charge >= 0.3 is 57.4 Å². The van der Waals surface area contributed by atoms with Crippen molar-refractivity contribution in [1.82, 2.24) is 0 Å². The molecule has 0 radical (unpaired) electrons. The third kappa shape index (κ3) is 7.48. The molecular weight excluding hydrogens is 211 g/mol. The first-order valence-electron chi connectivity index (χ1n) is 2.55. The molecule has 1 atom stereocenters. The molecule has 50 valence electrons. The van der Waals surface area contributed by atoms with Gasteiger partial charge in [-0.05, 0) is 6.42 Å². The molecule has 1 N–H and O–H groups in total. The molecule has 4 heteroatoms. The minimum atomic E-state index is -0.771. The summed E-state index contributed by atoms with van der Waals surface area (Å²) in [6, 6.07) is 0. The minimum Gasteiger partial charge on any atom is -1.00 e. The van der Waals surface area contributed by atoms with Gasteiger partial charge in [0.15, 0.2) is 0 Å². The minimum absolute atomic E-state index is 0. The quantitative estimate of drug-likeness (QED) is 0.477. The number of carboxylic acids is 1. The van der Waals surface area contributed by atoms with Gasteiger partial charge in [-0.2, -0.15) is 0 Å². The van der Waals surface area contributed by atoms with E-state index in [1.807, 2.05) is 6.92 Å². The Bertz CT molecular complexity index is 91.7. The molecule has 0 aromatic carbocycles. The van der Waals surface area contributed by atoms with Crippen molar-refractivity contribution in [2.45, 2.75) is 24.6 Å². The van der Waals surface area contributed by atoms with Gasteiger partial charge in [0.25, 0.3) is 0 Å². The smallest absolute Gasteiger partial charge is 1.00 e. The zero-order valence-corrected chi connectivity index (χ0v) is 10.4. The molecule has 1 unspecified atom stereocenters. The van der Waals surface area contributed by atoms with Crippen molar-refractivity contribution < 1.29 is 62.7 Å². The van der Waals surface area contributed by atoms with Crippen LogP contribution in [0.4, 0.5) is 0 Å². The van der Waals surface area contributed by atoms with E-state index in [1.165, 1.54) is 0 Å². The number of rotatable bonds is 3. The first-order valence-corrected chi connectivity index (χ1v) is 3.47. The number of hydrogen-bond donors (Lipinski definition) is 1. The zero-order valence-electron chi connectivity index (χ0n) is 6.72. The molecule has 0 spiro atoms. The van der Waals surface area contributed by atoms with Gasteiger partial charge in [0.2, 0.25) is 0 Å². The van der Waals surface area contributed by atoms with Crippen molar-refractivity contribution in [2.75, 3.05) is 0 Å². The maximum Gasteiger partial charge on any atom is 1.00 e.